The number of rotatable bonds is 3. The maximum absolute atomic E-state index is 14.3. The number of pyridine rings is 1. The lowest BCUT2D eigenvalue weighted by atomic mass is 9.99. The summed E-state index contributed by atoms with van der Waals surface area (Å²) >= 11 is 0. The van der Waals surface area contributed by atoms with Crippen LogP contribution in [-0.4, -0.2) is 51.7 Å². The fraction of sp³-hybridized carbons (Fsp3) is 0.190. The van der Waals surface area contributed by atoms with Crippen molar-refractivity contribution in [1.29, 1.82) is 0 Å². The summed E-state index contributed by atoms with van der Waals surface area (Å²) in [5.41, 5.74) is 2.98. The van der Waals surface area contributed by atoms with Gasteiger partial charge < -0.3 is 14.3 Å². The number of amides is 1. The van der Waals surface area contributed by atoms with E-state index in [1.54, 1.807) is 53.5 Å². The Morgan fingerprint density at radius 3 is 2.97 bits per heavy atom. The molecule has 0 aliphatic carbocycles. The molecule has 6 heterocycles. The van der Waals surface area contributed by atoms with Gasteiger partial charge >= 0.3 is 0 Å². The summed E-state index contributed by atoms with van der Waals surface area (Å²) in [4.78, 5) is 26.9. The summed E-state index contributed by atoms with van der Waals surface area (Å²) in [5.74, 6) is -0.393. The Labute approximate surface area is 180 Å². The first kappa shape index (κ1) is 18.5. The molecule has 1 unspecified atom stereocenters. The zero-order chi connectivity index (χ0) is 21.8. The molecule has 1 N–H and O–H groups in total. The molecule has 32 heavy (non-hydrogen) atoms. The van der Waals surface area contributed by atoms with Crippen molar-refractivity contribution in [3.05, 3.63) is 77.8 Å². The number of nitrogens with zero attached hydrogens (tertiary/aromatic N) is 7. The third-order valence-corrected chi connectivity index (χ3v) is 5.58. The van der Waals surface area contributed by atoms with Crippen molar-refractivity contribution in [2.24, 2.45) is 7.05 Å². The molecule has 0 saturated carbocycles. The Morgan fingerprint density at radius 1 is 1.25 bits per heavy atom. The molecule has 1 aliphatic heterocycles. The maximum Gasteiger partial charge on any atom is 0.292 e. The zero-order valence-electron chi connectivity index (χ0n) is 16.9. The number of oxazole rings is 1. The molecule has 1 atom stereocenters. The number of carbonyl (C=O) groups excluding carboxylic acids is 1. The highest BCUT2D eigenvalue weighted by molar-refractivity contribution is 5.92. The van der Waals surface area contributed by atoms with E-state index in [-0.39, 0.29) is 17.6 Å². The van der Waals surface area contributed by atoms with Gasteiger partial charge in [0.25, 0.3) is 5.91 Å². The zero-order valence-corrected chi connectivity index (χ0v) is 16.9. The number of imidazole rings is 1. The quantitative estimate of drug-likeness (QED) is 0.469. The number of H-pyrrole nitrogens is 1. The van der Waals surface area contributed by atoms with E-state index in [0.717, 1.165) is 5.69 Å². The maximum atomic E-state index is 14.3. The predicted molar refractivity (Wildman–Crippen MR) is 109 cm³/mol. The van der Waals surface area contributed by atoms with Crippen LogP contribution in [0.1, 0.15) is 33.7 Å². The van der Waals surface area contributed by atoms with E-state index in [1.165, 1.54) is 16.8 Å². The number of nitrogens with one attached hydrogen (secondary N) is 1. The van der Waals surface area contributed by atoms with Crippen LogP contribution in [0.5, 0.6) is 0 Å². The summed E-state index contributed by atoms with van der Waals surface area (Å²) in [6.07, 6.45) is 7.02. The number of aryl methyl sites for hydroxylation is 1. The van der Waals surface area contributed by atoms with Gasteiger partial charge in [-0.2, -0.15) is 10.2 Å². The average molecular weight is 432 g/mol. The number of halogens is 1. The highest BCUT2D eigenvalue weighted by atomic mass is 19.1. The summed E-state index contributed by atoms with van der Waals surface area (Å²) in [5, 5.41) is 8.78. The molecule has 160 valence electrons. The van der Waals surface area contributed by atoms with Crippen molar-refractivity contribution in [1.82, 2.24) is 39.2 Å². The Morgan fingerprint density at radius 2 is 2.16 bits per heavy atom. The van der Waals surface area contributed by atoms with Crippen molar-refractivity contribution in [2.75, 3.05) is 6.54 Å². The smallest absolute Gasteiger partial charge is 0.292 e. The number of carbonyl (C=O) groups is 1. The standard InChI is InChI=1S/C21H17FN8O2/c1-28-7-4-14(26-28)20-23-10-17(32-20)21(31)29-8-5-13-18(25-11-24-13)19(29)15-9-16-12(22)3-2-6-30(16)27-15/h2-4,6-7,9-11,19H,5,8H2,1H3,(H,24,25). The van der Waals surface area contributed by atoms with E-state index < -0.39 is 11.9 Å². The Balaban J connectivity index is 1.41. The van der Waals surface area contributed by atoms with E-state index in [0.29, 0.717) is 35.6 Å². The highest BCUT2D eigenvalue weighted by Crippen LogP contribution is 2.34. The topological polar surface area (TPSA) is 110 Å². The fourth-order valence-corrected chi connectivity index (χ4v) is 4.09. The molecule has 0 aromatic carbocycles. The number of hydrogen-bond acceptors (Lipinski definition) is 6. The molecule has 0 spiro atoms. The molecule has 0 fully saturated rings. The normalized spacial score (nSPS) is 15.9. The second-order valence-corrected chi connectivity index (χ2v) is 7.58. The molecule has 0 bridgehead atoms. The first-order valence-corrected chi connectivity index (χ1v) is 10.0. The average Bonchev–Trinajstić information content (AvgIpc) is 3.57. The van der Waals surface area contributed by atoms with Crippen molar-refractivity contribution in [2.45, 2.75) is 12.5 Å². The van der Waals surface area contributed by atoms with Crippen LogP contribution in [-0.2, 0) is 13.5 Å². The van der Waals surface area contributed by atoms with Gasteiger partial charge in [0, 0.05) is 38.1 Å². The van der Waals surface area contributed by atoms with Gasteiger partial charge in [-0.1, -0.05) is 0 Å². The van der Waals surface area contributed by atoms with Crippen LogP contribution in [0.15, 0.2) is 53.6 Å². The molecule has 11 heteroatoms. The summed E-state index contributed by atoms with van der Waals surface area (Å²) < 4.78 is 23.1. The van der Waals surface area contributed by atoms with Gasteiger partial charge in [0.2, 0.25) is 11.7 Å². The SMILES string of the molecule is Cn1ccc(-c2ncc(C(=O)N3CCc4[nH]cnc4C3c3cc4c(F)cccn4n3)o2)n1. The molecular formula is C21H17FN8O2. The van der Waals surface area contributed by atoms with E-state index in [2.05, 4.69) is 25.1 Å². The van der Waals surface area contributed by atoms with E-state index in [4.69, 9.17) is 4.42 Å². The van der Waals surface area contributed by atoms with Crippen LogP contribution in [0.3, 0.4) is 0 Å². The minimum absolute atomic E-state index is 0.0876. The summed E-state index contributed by atoms with van der Waals surface area (Å²) in [7, 11) is 1.79. The third kappa shape index (κ3) is 2.82. The second-order valence-electron chi connectivity index (χ2n) is 7.58. The lowest BCUT2D eigenvalue weighted by Gasteiger charge is -2.33. The predicted octanol–water partition coefficient (Wildman–Crippen LogP) is 2.37. The van der Waals surface area contributed by atoms with Gasteiger partial charge in [-0.05, 0) is 24.3 Å². The Kier molecular flexibility index (Phi) is 3.97. The highest BCUT2D eigenvalue weighted by Gasteiger charge is 2.37. The van der Waals surface area contributed by atoms with Crippen LogP contribution in [0.2, 0.25) is 0 Å². The van der Waals surface area contributed by atoms with Gasteiger partial charge in [-0.25, -0.2) is 18.9 Å². The van der Waals surface area contributed by atoms with Gasteiger partial charge in [-0.3, -0.25) is 9.48 Å². The van der Waals surface area contributed by atoms with Crippen molar-refractivity contribution >= 4 is 11.4 Å². The van der Waals surface area contributed by atoms with Crippen molar-refractivity contribution in [3.8, 4) is 11.6 Å². The molecule has 5 aromatic heterocycles. The van der Waals surface area contributed by atoms with E-state index in [9.17, 15) is 9.18 Å². The first-order valence-electron chi connectivity index (χ1n) is 10.0. The molecule has 0 saturated heterocycles. The molecule has 1 amide bonds. The van der Waals surface area contributed by atoms with Crippen LogP contribution >= 0.6 is 0 Å². The number of hydrogen-bond donors (Lipinski definition) is 1. The fourth-order valence-electron chi connectivity index (χ4n) is 4.09. The van der Waals surface area contributed by atoms with Gasteiger partial charge in [0.1, 0.15) is 23.1 Å². The largest absolute Gasteiger partial charge is 0.429 e. The third-order valence-electron chi connectivity index (χ3n) is 5.58. The van der Waals surface area contributed by atoms with E-state index in [1.807, 2.05) is 0 Å². The molecule has 6 rings (SSSR count). The molecule has 1 aliphatic rings. The molecule has 10 nitrogen and oxygen atoms in total. The van der Waals surface area contributed by atoms with Gasteiger partial charge in [0.05, 0.1) is 23.9 Å². The summed E-state index contributed by atoms with van der Waals surface area (Å²) in [6.45, 7) is 0.411. The Bertz CT molecular complexity index is 1460. The van der Waals surface area contributed by atoms with Crippen LogP contribution in [0.4, 0.5) is 4.39 Å². The van der Waals surface area contributed by atoms with E-state index >= 15 is 0 Å². The van der Waals surface area contributed by atoms with Gasteiger partial charge in [0.15, 0.2) is 0 Å². The van der Waals surface area contributed by atoms with Crippen LogP contribution in [0, 0.1) is 5.82 Å². The minimum atomic E-state index is -0.597. The minimum Gasteiger partial charge on any atom is -0.429 e. The number of aromatic nitrogens is 7. The monoisotopic (exact) mass is 432 g/mol. The lowest BCUT2D eigenvalue weighted by molar-refractivity contribution is 0.0655. The lowest BCUT2D eigenvalue weighted by Crippen LogP contribution is -2.40. The Hall–Kier alpha value is -4.28. The molecule has 5 aromatic rings. The first-order chi connectivity index (χ1) is 15.6. The number of fused-ring (bicyclic) bond motifs is 2. The van der Waals surface area contributed by atoms with Gasteiger partial charge in [-0.15, -0.1) is 0 Å². The second kappa shape index (κ2) is 6.87. The van der Waals surface area contributed by atoms with Crippen LogP contribution in [0.25, 0.3) is 17.1 Å². The van der Waals surface area contributed by atoms with Crippen molar-refractivity contribution < 1.29 is 13.6 Å². The number of aromatic amines is 1. The van der Waals surface area contributed by atoms with Crippen LogP contribution < -0.4 is 0 Å². The summed E-state index contributed by atoms with van der Waals surface area (Å²) in [6, 6.07) is 5.75. The van der Waals surface area contributed by atoms with Crippen molar-refractivity contribution in [3.63, 3.8) is 0 Å². The molecular weight excluding hydrogens is 415 g/mol. The molecule has 0 radical (unpaired) electrons.